The van der Waals surface area contributed by atoms with Gasteiger partial charge in [0.2, 0.25) is 0 Å². The van der Waals surface area contributed by atoms with Crippen molar-refractivity contribution in [2.24, 2.45) is 5.92 Å². The minimum Gasteiger partial charge on any atom is -0.377 e. The molecule has 1 fully saturated rings. The van der Waals surface area contributed by atoms with E-state index in [4.69, 9.17) is 4.74 Å². The predicted octanol–water partition coefficient (Wildman–Crippen LogP) is 4.26. The van der Waals surface area contributed by atoms with Crippen LogP contribution in [0, 0.1) is 19.8 Å². The van der Waals surface area contributed by atoms with Crippen LogP contribution in [0.2, 0.25) is 0 Å². The molecule has 2 atom stereocenters. The molecule has 1 saturated heterocycles. The van der Waals surface area contributed by atoms with E-state index in [1.165, 1.54) is 5.56 Å². The maximum absolute atomic E-state index is 13.2. The lowest BCUT2D eigenvalue weighted by Crippen LogP contribution is -2.41. The molecule has 3 heterocycles. The zero-order valence-corrected chi connectivity index (χ0v) is 21.6. The zero-order valence-electron chi connectivity index (χ0n) is 21.6. The molecule has 2 aromatic heterocycles. The molecule has 184 valence electrons. The Labute approximate surface area is 201 Å². The van der Waals surface area contributed by atoms with E-state index in [-0.39, 0.29) is 29.2 Å². The minimum absolute atomic E-state index is 0.0466. The Morgan fingerprint density at radius 3 is 2.65 bits per heavy atom. The molecule has 0 bridgehead atoms. The van der Waals surface area contributed by atoms with Gasteiger partial charge in [-0.2, -0.15) is 0 Å². The Balaban J connectivity index is 1.77. The highest BCUT2D eigenvalue weighted by atomic mass is 16.5. The molecule has 1 aromatic carbocycles. The predicted molar refractivity (Wildman–Crippen MR) is 134 cm³/mol. The van der Waals surface area contributed by atoms with E-state index in [0.29, 0.717) is 6.54 Å². The van der Waals surface area contributed by atoms with Gasteiger partial charge in [0, 0.05) is 25.3 Å². The molecule has 1 aliphatic rings. The Kier molecular flexibility index (Phi) is 6.92. The molecular formula is C26H38N6O2. The maximum atomic E-state index is 13.2. The van der Waals surface area contributed by atoms with Gasteiger partial charge in [0.15, 0.2) is 5.82 Å². The standard InChI is InChI=1S/C26H38N6O2/c1-16(2)23(24-28-29-30-32(24)26(5,6)7)31(15-21-9-8-10-34-21)14-20-13-19-12-17(3)11-18(4)22(19)27-25(20)33/h11-13,16,21,23H,8-10,14-15H2,1-7H3,(H,27,33). The number of rotatable bonds is 7. The normalized spacial score (nSPS) is 17.9. The van der Waals surface area contributed by atoms with Crippen LogP contribution in [0.1, 0.15) is 76.0 Å². The number of hydrogen-bond donors (Lipinski definition) is 1. The van der Waals surface area contributed by atoms with Crippen molar-refractivity contribution in [1.82, 2.24) is 30.1 Å². The van der Waals surface area contributed by atoms with Crippen LogP contribution >= 0.6 is 0 Å². The van der Waals surface area contributed by atoms with Crippen LogP contribution in [0.15, 0.2) is 23.0 Å². The number of pyridine rings is 1. The minimum atomic E-state index is -0.253. The van der Waals surface area contributed by atoms with Crippen molar-refractivity contribution in [2.45, 2.75) is 85.5 Å². The Morgan fingerprint density at radius 1 is 1.24 bits per heavy atom. The van der Waals surface area contributed by atoms with Gasteiger partial charge in [-0.3, -0.25) is 9.69 Å². The molecule has 0 radical (unpaired) electrons. The van der Waals surface area contributed by atoms with Crippen LogP contribution in [0.3, 0.4) is 0 Å². The second-order valence-electron chi connectivity index (χ2n) is 11.0. The number of nitrogens with one attached hydrogen (secondary N) is 1. The topological polar surface area (TPSA) is 88.9 Å². The largest absolute Gasteiger partial charge is 0.377 e. The molecule has 0 aliphatic carbocycles. The van der Waals surface area contributed by atoms with Crippen molar-refractivity contribution < 1.29 is 4.74 Å². The van der Waals surface area contributed by atoms with E-state index in [1.807, 2.05) is 17.7 Å². The smallest absolute Gasteiger partial charge is 0.252 e. The third kappa shape index (κ3) is 5.08. The number of tetrazole rings is 1. The molecular weight excluding hydrogens is 428 g/mol. The number of aromatic amines is 1. The monoisotopic (exact) mass is 466 g/mol. The molecule has 2 unspecified atom stereocenters. The first-order valence-corrected chi connectivity index (χ1v) is 12.3. The zero-order chi connectivity index (χ0) is 24.6. The molecule has 1 N–H and O–H groups in total. The average molecular weight is 467 g/mol. The lowest BCUT2D eigenvalue weighted by atomic mass is 9.98. The first kappa shape index (κ1) is 24.5. The number of aromatic nitrogens is 5. The summed E-state index contributed by atoms with van der Waals surface area (Å²) in [4.78, 5) is 18.7. The van der Waals surface area contributed by atoms with Crippen LogP contribution in [-0.2, 0) is 16.8 Å². The van der Waals surface area contributed by atoms with Crippen LogP contribution in [0.4, 0.5) is 0 Å². The van der Waals surface area contributed by atoms with Gasteiger partial charge in [0.05, 0.1) is 23.2 Å². The maximum Gasteiger partial charge on any atom is 0.252 e. The Hall–Kier alpha value is -2.58. The number of hydrogen-bond acceptors (Lipinski definition) is 6. The summed E-state index contributed by atoms with van der Waals surface area (Å²) in [5, 5.41) is 13.9. The quantitative estimate of drug-likeness (QED) is 0.560. The van der Waals surface area contributed by atoms with Crippen molar-refractivity contribution in [1.29, 1.82) is 0 Å². The first-order chi connectivity index (χ1) is 16.0. The highest BCUT2D eigenvalue weighted by Crippen LogP contribution is 2.32. The van der Waals surface area contributed by atoms with E-state index in [2.05, 4.69) is 79.1 Å². The van der Waals surface area contributed by atoms with Crippen molar-refractivity contribution in [3.8, 4) is 0 Å². The SMILES string of the molecule is Cc1cc(C)c2[nH]c(=O)c(CN(CC3CCCO3)C(c3nnnn3C(C)(C)C)C(C)C)cc2c1. The molecule has 4 rings (SSSR count). The Morgan fingerprint density at radius 2 is 2.00 bits per heavy atom. The van der Waals surface area contributed by atoms with Gasteiger partial charge in [-0.05, 0) is 86.9 Å². The average Bonchev–Trinajstić information content (AvgIpc) is 3.41. The summed E-state index contributed by atoms with van der Waals surface area (Å²) in [5.74, 6) is 1.06. The number of H-pyrrole nitrogens is 1. The highest BCUT2D eigenvalue weighted by Gasteiger charge is 2.34. The van der Waals surface area contributed by atoms with Gasteiger partial charge in [0.1, 0.15) is 0 Å². The van der Waals surface area contributed by atoms with E-state index >= 15 is 0 Å². The summed E-state index contributed by atoms with van der Waals surface area (Å²) < 4.78 is 7.93. The van der Waals surface area contributed by atoms with Crippen LogP contribution < -0.4 is 5.56 Å². The van der Waals surface area contributed by atoms with Gasteiger partial charge in [-0.25, -0.2) is 4.68 Å². The number of benzene rings is 1. The van der Waals surface area contributed by atoms with Gasteiger partial charge in [-0.1, -0.05) is 25.5 Å². The number of fused-ring (bicyclic) bond motifs is 1. The molecule has 34 heavy (non-hydrogen) atoms. The second-order valence-corrected chi connectivity index (χ2v) is 11.0. The number of nitrogens with zero attached hydrogens (tertiary/aromatic N) is 5. The summed E-state index contributed by atoms with van der Waals surface area (Å²) in [6.45, 7) is 16.8. The van der Waals surface area contributed by atoms with E-state index in [0.717, 1.165) is 53.8 Å². The highest BCUT2D eigenvalue weighted by molar-refractivity contribution is 5.82. The van der Waals surface area contributed by atoms with Crippen molar-refractivity contribution in [3.05, 3.63) is 51.1 Å². The lowest BCUT2D eigenvalue weighted by Gasteiger charge is -2.36. The summed E-state index contributed by atoms with van der Waals surface area (Å²) in [7, 11) is 0. The molecule has 8 nitrogen and oxygen atoms in total. The molecule has 1 aliphatic heterocycles. The fourth-order valence-electron chi connectivity index (χ4n) is 5.13. The second kappa shape index (κ2) is 9.58. The van der Waals surface area contributed by atoms with Gasteiger partial charge in [0.25, 0.3) is 5.56 Å². The summed E-state index contributed by atoms with van der Waals surface area (Å²) >= 11 is 0. The van der Waals surface area contributed by atoms with Crippen molar-refractivity contribution in [2.75, 3.05) is 13.2 Å². The van der Waals surface area contributed by atoms with Crippen LogP contribution in [0.5, 0.6) is 0 Å². The van der Waals surface area contributed by atoms with Crippen LogP contribution in [0.25, 0.3) is 10.9 Å². The fraction of sp³-hybridized carbons (Fsp3) is 0.615. The fourth-order valence-corrected chi connectivity index (χ4v) is 5.13. The third-order valence-electron chi connectivity index (χ3n) is 6.62. The molecule has 0 saturated carbocycles. The molecule has 8 heteroatoms. The van der Waals surface area contributed by atoms with E-state index < -0.39 is 0 Å². The van der Waals surface area contributed by atoms with E-state index in [9.17, 15) is 4.79 Å². The lowest BCUT2D eigenvalue weighted by molar-refractivity contribution is 0.0371. The van der Waals surface area contributed by atoms with E-state index in [1.54, 1.807) is 0 Å². The summed E-state index contributed by atoms with van der Waals surface area (Å²) in [6.07, 6.45) is 2.24. The third-order valence-corrected chi connectivity index (χ3v) is 6.62. The first-order valence-electron chi connectivity index (χ1n) is 12.3. The summed E-state index contributed by atoms with van der Waals surface area (Å²) in [5.41, 5.74) is 3.62. The van der Waals surface area contributed by atoms with Crippen molar-refractivity contribution in [3.63, 3.8) is 0 Å². The molecule has 0 amide bonds. The van der Waals surface area contributed by atoms with Crippen molar-refractivity contribution >= 4 is 10.9 Å². The summed E-state index contributed by atoms with van der Waals surface area (Å²) in [6, 6.07) is 6.21. The van der Waals surface area contributed by atoms with Gasteiger partial charge >= 0.3 is 0 Å². The van der Waals surface area contributed by atoms with Crippen LogP contribution in [-0.4, -0.2) is 49.3 Å². The van der Waals surface area contributed by atoms with Gasteiger partial charge < -0.3 is 9.72 Å². The Bertz CT molecular complexity index is 1200. The molecule has 3 aromatic rings. The molecule has 0 spiro atoms. The van der Waals surface area contributed by atoms with Gasteiger partial charge in [-0.15, -0.1) is 5.10 Å². The number of aryl methyl sites for hydroxylation is 2. The number of ether oxygens (including phenoxy) is 1.